The van der Waals surface area contributed by atoms with E-state index in [-0.39, 0.29) is 36.9 Å². The number of allylic oxidation sites excluding steroid dienone is 1. The smallest absolute Gasteiger partial charge is 0.413 e. The number of rotatable bonds is 9. The van der Waals surface area contributed by atoms with Crippen LogP contribution in [0.2, 0.25) is 0 Å². The standard InChI is InChI=1S/C42H50FN5O9S/c1-5-55-35-23-44-38(31-15-9-8-14-30(31)35)56-28-21-33-37(49)46-42(40(51)47(4)58(53,54)29-18-19-29)22-27(42)13-7-6-12-25(2)20-26(3)36(39(50)48(33)24-28)45-41(52)57-34-17-11-10-16-32(34)43/h7-11,13-17,23,25-29,33,36H,5-6,12,18-22,24H2,1-4H3,(H,45,52)(H,46,49)/b13-7+/t25-,26-,27-,28-,33+,36+,42-/m1/s1. The van der Waals surface area contributed by atoms with Crippen molar-refractivity contribution in [3.05, 3.63) is 72.7 Å². The van der Waals surface area contributed by atoms with E-state index in [1.54, 1.807) is 6.20 Å². The Labute approximate surface area is 337 Å². The zero-order valence-corrected chi connectivity index (χ0v) is 33.9. The second-order valence-electron chi connectivity index (χ2n) is 15.9. The van der Waals surface area contributed by atoms with E-state index in [4.69, 9.17) is 14.2 Å². The highest BCUT2D eigenvalue weighted by Gasteiger charge is 2.63. The van der Waals surface area contributed by atoms with Crippen molar-refractivity contribution >= 4 is 44.6 Å². The number of para-hydroxylation sites is 1. The van der Waals surface area contributed by atoms with Gasteiger partial charge in [0, 0.05) is 30.2 Å². The minimum atomic E-state index is -3.93. The van der Waals surface area contributed by atoms with Gasteiger partial charge >= 0.3 is 6.09 Å². The van der Waals surface area contributed by atoms with E-state index in [0.717, 1.165) is 15.8 Å². The molecular weight excluding hydrogens is 770 g/mol. The molecule has 16 heteroatoms. The van der Waals surface area contributed by atoms with Crippen LogP contribution in [0, 0.1) is 23.6 Å². The van der Waals surface area contributed by atoms with Crippen LogP contribution in [0.5, 0.6) is 17.4 Å². The molecule has 14 nitrogen and oxygen atoms in total. The summed E-state index contributed by atoms with van der Waals surface area (Å²) in [6.45, 7) is 6.05. The number of fused-ring (bicyclic) bond motifs is 3. The maximum absolute atomic E-state index is 14.9. The Morgan fingerprint density at radius 2 is 1.76 bits per heavy atom. The Morgan fingerprint density at radius 3 is 2.48 bits per heavy atom. The van der Waals surface area contributed by atoms with E-state index in [1.165, 1.54) is 30.1 Å². The summed E-state index contributed by atoms with van der Waals surface area (Å²) in [5, 5.41) is 6.35. The van der Waals surface area contributed by atoms with Gasteiger partial charge in [-0.25, -0.2) is 26.9 Å². The number of carbonyl (C=O) groups is 4. The number of likely N-dealkylation sites (N-methyl/N-ethyl adjacent to an activating group) is 1. The van der Waals surface area contributed by atoms with Gasteiger partial charge in [0.05, 0.1) is 24.6 Å². The zero-order chi connectivity index (χ0) is 41.4. The second kappa shape index (κ2) is 16.5. The fourth-order valence-corrected chi connectivity index (χ4v) is 9.80. The molecule has 0 bridgehead atoms. The lowest BCUT2D eigenvalue weighted by atomic mass is 9.88. The number of pyridine rings is 1. The lowest BCUT2D eigenvalue weighted by Crippen LogP contribution is -2.59. The van der Waals surface area contributed by atoms with Crippen molar-refractivity contribution in [1.29, 1.82) is 0 Å². The van der Waals surface area contributed by atoms with Gasteiger partial charge < -0.3 is 29.7 Å². The monoisotopic (exact) mass is 819 g/mol. The first-order chi connectivity index (χ1) is 27.7. The molecule has 7 atom stereocenters. The third kappa shape index (κ3) is 8.34. The number of benzene rings is 2. The Bertz CT molecular complexity index is 2220. The number of nitrogens with one attached hydrogen (secondary N) is 2. The van der Waals surface area contributed by atoms with Crippen LogP contribution in [-0.2, 0) is 24.4 Å². The van der Waals surface area contributed by atoms with Crippen molar-refractivity contribution in [2.45, 2.75) is 94.7 Å². The van der Waals surface area contributed by atoms with E-state index in [2.05, 4.69) is 15.6 Å². The average Bonchev–Trinajstić information content (AvgIpc) is 4.13. The van der Waals surface area contributed by atoms with Crippen molar-refractivity contribution in [3.8, 4) is 17.4 Å². The summed E-state index contributed by atoms with van der Waals surface area (Å²) in [6, 6.07) is 10.4. The molecule has 310 valence electrons. The minimum Gasteiger partial charge on any atom is -0.492 e. The van der Waals surface area contributed by atoms with Crippen LogP contribution in [0.3, 0.4) is 0 Å². The van der Waals surface area contributed by atoms with Crippen LogP contribution in [0.25, 0.3) is 10.8 Å². The van der Waals surface area contributed by atoms with Crippen LogP contribution in [0.1, 0.15) is 65.7 Å². The third-order valence-corrected chi connectivity index (χ3v) is 13.9. The molecule has 4 amide bonds. The summed E-state index contributed by atoms with van der Waals surface area (Å²) in [4.78, 5) is 62.9. The highest BCUT2D eigenvalue weighted by Crippen LogP contribution is 2.48. The SMILES string of the molecule is CCOc1cnc(O[C@@H]2C[C@H]3C(=O)N[C@]4(C(=O)N(C)S(=O)(=O)C5CC5)C[C@H]4/C=C/CC[C@@H](C)C[C@@H](C)[C@H](NC(=O)Oc4ccccc4F)C(=O)N3C2)c2ccccc12. The average molecular weight is 820 g/mol. The first kappa shape index (κ1) is 40.9. The van der Waals surface area contributed by atoms with Crippen LogP contribution in [-0.4, -0.2) is 95.6 Å². The fourth-order valence-electron chi connectivity index (χ4n) is 8.23. The molecule has 2 aliphatic carbocycles. The first-order valence-electron chi connectivity index (χ1n) is 19.9. The Kier molecular flexibility index (Phi) is 11.7. The fraction of sp³-hybridized carbons (Fsp3) is 0.500. The largest absolute Gasteiger partial charge is 0.492 e. The minimum absolute atomic E-state index is 0.0149. The molecule has 2 N–H and O–H groups in total. The molecule has 3 aromatic rings. The van der Waals surface area contributed by atoms with E-state index in [0.29, 0.717) is 49.8 Å². The molecule has 3 heterocycles. The highest BCUT2D eigenvalue weighted by molar-refractivity contribution is 7.90. The number of halogens is 1. The highest BCUT2D eigenvalue weighted by atomic mass is 32.2. The molecule has 2 saturated carbocycles. The Morgan fingerprint density at radius 1 is 1.03 bits per heavy atom. The Hall–Kier alpha value is -5.25. The van der Waals surface area contributed by atoms with E-state index < -0.39 is 80.5 Å². The molecular formula is C42H50FN5O9S. The number of nitrogens with zero attached hydrogens (tertiary/aromatic N) is 3. The quantitative estimate of drug-likeness (QED) is 0.276. The van der Waals surface area contributed by atoms with Crippen molar-refractivity contribution < 1.29 is 46.2 Å². The molecule has 0 radical (unpaired) electrons. The maximum Gasteiger partial charge on any atom is 0.413 e. The number of hydrogen-bond donors (Lipinski definition) is 2. The number of sulfonamides is 1. The van der Waals surface area contributed by atoms with Gasteiger partial charge in [0.15, 0.2) is 11.6 Å². The van der Waals surface area contributed by atoms with Gasteiger partial charge in [-0.05, 0) is 75.5 Å². The lowest BCUT2D eigenvalue weighted by Gasteiger charge is -2.33. The number of ether oxygens (including phenoxy) is 3. The maximum atomic E-state index is 14.9. The molecule has 58 heavy (non-hydrogen) atoms. The van der Waals surface area contributed by atoms with Crippen molar-refractivity contribution in [1.82, 2.24) is 24.8 Å². The van der Waals surface area contributed by atoms with Gasteiger partial charge in [-0.3, -0.25) is 14.4 Å². The summed E-state index contributed by atoms with van der Waals surface area (Å²) >= 11 is 0. The van der Waals surface area contributed by atoms with E-state index in [1.807, 2.05) is 57.2 Å². The number of amides is 4. The van der Waals surface area contributed by atoms with Crippen LogP contribution >= 0.6 is 0 Å². The van der Waals surface area contributed by atoms with Crippen molar-refractivity contribution in [2.75, 3.05) is 20.2 Å². The van der Waals surface area contributed by atoms with Crippen LogP contribution in [0.15, 0.2) is 66.9 Å². The van der Waals surface area contributed by atoms with Gasteiger partial charge in [-0.1, -0.05) is 56.3 Å². The molecule has 0 unspecified atom stereocenters. The van der Waals surface area contributed by atoms with Gasteiger partial charge in [0.2, 0.25) is 27.7 Å². The summed E-state index contributed by atoms with van der Waals surface area (Å²) in [5.74, 6) is -3.12. The van der Waals surface area contributed by atoms with Gasteiger partial charge in [0.1, 0.15) is 29.5 Å². The summed E-state index contributed by atoms with van der Waals surface area (Å²) in [7, 11) is -2.70. The number of aromatic nitrogens is 1. The molecule has 0 spiro atoms. The van der Waals surface area contributed by atoms with E-state index >= 15 is 0 Å². The van der Waals surface area contributed by atoms with Gasteiger partial charge in [-0.15, -0.1) is 0 Å². The molecule has 2 aromatic carbocycles. The summed E-state index contributed by atoms with van der Waals surface area (Å²) < 4.78 is 59.4. The van der Waals surface area contributed by atoms with Gasteiger partial charge in [0.25, 0.3) is 5.91 Å². The predicted molar refractivity (Wildman–Crippen MR) is 212 cm³/mol. The summed E-state index contributed by atoms with van der Waals surface area (Å²) in [5.41, 5.74) is -1.55. The number of hydrogen-bond acceptors (Lipinski definition) is 10. The lowest BCUT2D eigenvalue weighted by molar-refractivity contribution is -0.142. The zero-order valence-electron chi connectivity index (χ0n) is 33.1. The predicted octanol–water partition coefficient (Wildman–Crippen LogP) is 5.12. The molecule has 1 aromatic heterocycles. The van der Waals surface area contributed by atoms with Crippen molar-refractivity contribution in [2.24, 2.45) is 17.8 Å². The summed E-state index contributed by atoms with van der Waals surface area (Å²) in [6.07, 6.45) is 6.47. The van der Waals surface area contributed by atoms with Crippen LogP contribution < -0.4 is 24.8 Å². The van der Waals surface area contributed by atoms with Crippen LogP contribution in [0.4, 0.5) is 9.18 Å². The molecule has 3 fully saturated rings. The van der Waals surface area contributed by atoms with E-state index in [9.17, 15) is 32.0 Å². The normalized spacial score (nSPS) is 28.2. The van der Waals surface area contributed by atoms with Gasteiger partial charge in [-0.2, -0.15) is 0 Å². The van der Waals surface area contributed by atoms with Crippen molar-refractivity contribution in [3.63, 3.8) is 0 Å². The topological polar surface area (TPSA) is 174 Å². The first-order valence-corrected chi connectivity index (χ1v) is 21.4. The third-order valence-electron chi connectivity index (χ3n) is 11.6. The molecule has 1 saturated heterocycles. The number of carbonyl (C=O) groups excluding carboxylic acids is 4. The molecule has 7 rings (SSSR count). The Balaban J connectivity index is 1.23. The molecule has 4 aliphatic rings. The second-order valence-corrected chi connectivity index (χ2v) is 18.2. The molecule has 2 aliphatic heterocycles.